The predicted molar refractivity (Wildman–Crippen MR) is 114 cm³/mol. The van der Waals surface area contributed by atoms with E-state index in [4.69, 9.17) is 0 Å². The lowest BCUT2D eigenvalue weighted by atomic mass is 9.69. The van der Waals surface area contributed by atoms with E-state index in [9.17, 15) is 4.79 Å². The molecular formula is C23H30N2OS. The summed E-state index contributed by atoms with van der Waals surface area (Å²) in [6, 6.07) is 8.54. The van der Waals surface area contributed by atoms with Gasteiger partial charge in [0.25, 0.3) is 5.91 Å². The molecule has 4 rings (SSSR count). The third-order valence-corrected chi connectivity index (χ3v) is 7.97. The van der Waals surface area contributed by atoms with E-state index in [1.54, 1.807) is 11.3 Å². The van der Waals surface area contributed by atoms with Crippen molar-refractivity contribution in [2.45, 2.75) is 66.0 Å². The molecule has 1 aliphatic heterocycles. The second-order valence-electron chi connectivity index (χ2n) is 8.64. The lowest BCUT2D eigenvalue weighted by Gasteiger charge is -2.36. The number of rotatable bonds is 4. The van der Waals surface area contributed by atoms with Gasteiger partial charge in [0.2, 0.25) is 0 Å². The van der Waals surface area contributed by atoms with Crippen molar-refractivity contribution in [1.29, 1.82) is 0 Å². The van der Waals surface area contributed by atoms with Crippen molar-refractivity contribution in [2.75, 3.05) is 5.32 Å². The molecule has 0 saturated carbocycles. The van der Waals surface area contributed by atoms with Crippen LogP contribution in [0.4, 0.5) is 5.00 Å². The van der Waals surface area contributed by atoms with Crippen LogP contribution in [0.25, 0.3) is 0 Å². The topological polar surface area (TPSA) is 41.1 Å². The Morgan fingerprint density at radius 2 is 1.89 bits per heavy atom. The molecule has 2 heterocycles. The largest absolute Gasteiger partial charge is 0.353 e. The summed E-state index contributed by atoms with van der Waals surface area (Å²) in [4.78, 5) is 14.3. The monoisotopic (exact) mass is 382 g/mol. The minimum atomic E-state index is -0.140. The quantitative estimate of drug-likeness (QED) is 0.711. The van der Waals surface area contributed by atoms with Crippen molar-refractivity contribution >= 4 is 22.2 Å². The van der Waals surface area contributed by atoms with Crippen LogP contribution in [0, 0.1) is 11.3 Å². The van der Waals surface area contributed by atoms with Gasteiger partial charge in [-0.3, -0.25) is 4.79 Å². The predicted octanol–water partition coefficient (Wildman–Crippen LogP) is 5.71. The van der Waals surface area contributed by atoms with E-state index >= 15 is 0 Å². The number of nitrogens with one attached hydrogen (secondary N) is 2. The maximum absolute atomic E-state index is 12.9. The molecule has 0 fully saturated rings. The van der Waals surface area contributed by atoms with Gasteiger partial charge in [-0.15, -0.1) is 11.3 Å². The second-order valence-corrected chi connectivity index (χ2v) is 9.74. The lowest BCUT2D eigenvalue weighted by Crippen LogP contribution is -2.38. The molecule has 144 valence electrons. The van der Waals surface area contributed by atoms with Gasteiger partial charge in [0, 0.05) is 4.88 Å². The zero-order valence-corrected chi connectivity index (χ0v) is 17.6. The molecule has 0 unspecified atom stereocenters. The molecule has 0 bridgehead atoms. The average Bonchev–Trinajstić information content (AvgIpc) is 3.06. The number of carbonyl (C=O) groups is 1. The fourth-order valence-electron chi connectivity index (χ4n) is 4.37. The summed E-state index contributed by atoms with van der Waals surface area (Å²) in [6.07, 6.45) is 5.42. The zero-order valence-electron chi connectivity index (χ0n) is 16.8. The van der Waals surface area contributed by atoms with Crippen molar-refractivity contribution in [3.05, 3.63) is 51.4 Å². The van der Waals surface area contributed by atoms with Crippen LogP contribution < -0.4 is 10.6 Å². The number of hydrogen-bond acceptors (Lipinski definition) is 3. The van der Waals surface area contributed by atoms with Crippen LogP contribution in [0.15, 0.2) is 24.3 Å². The molecule has 27 heavy (non-hydrogen) atoms. The summed E-state index contributed by atoms with van der Waals surface area (Å²) in [7, 11) is 0. The van der Waals surface area contributed by atoms with E-state index in [1.165, 1.54) is 28.8 Å². The maximum atomic E-state index is 12.9. The van der Waals surface area contributed by atoms with Gasteiger partial charge in [-0.2, -0.15) is 0 Å². The Balaban J connectivity index is 1.60. The van der Waals surface area contributed by atoms with Gasteiger partial charge in [0.1, 0.15) is 11.2 Å². The molecule has 2 N–H and O–H groups in total. The fourth-order valence-corrected chi connectivity index (χ4v) is 5.72. The van der Waals surface area contributed by atoms with Crippen LogP contribution >= 0.6 is 11.3 Å². The van der Waals surface area contributed by atoms with Crippen molar-refractivity contribution in [3.63, 3.8) is 0 Å². The van der Waals surface area contributed by atoms with Gasteiger partial charge in [0.05, 0.1) is 5.56 Å². The van der Waals surface area contributed by atoms with Crippen LogP contribution in [0.3, 0.4) is 0 Å². The average molecular weight is 383 g/mol. The third-order valence-electron chi connectivity index (χ3n) is 6.78. The zero-order chi connectivity index (χ0) is 19.2. The first-order valence-electron chi connectivity index (χ1n) is 10.2. The summed E-state index contributed by atoms with van der Waals surface area (Å²) < 4.78 is 0. The molecule has 0 saturated heterocycles. The van der Waals surface area contributed by atoms with Crippen molar-refractivity contribution in [2.24, 2.45) is 11.3 Å². The first kappa shape index (κ1) is 18.5. The van der Waals surface area contributed by atoms with E-state index in [-0.39, 0.29) is 12.1 Å². The normalized spacial score (nSPS) is 21.9. The molecule has 2 aromatic rings. The van der Waals surface area contributed by atoms with Crippen LogP contribution in [0.1, 0.15) is 78.6 Å². The van der Waals surface area contributed by atoms with Gasteiger partial charge in [-0.25, -0.2) is 0 Å². The van der Waals surface area contributed by atoms with E-state index in [2.05, 4.69) is 62.6 Å². The molecule has 0 spiro atoms. The number of thiophene rings is 1. The molecular weight excluding hydrogens is 352 g/mol. The smallest absolute Gasteiger partial charge is 0.256 e. The Morgan fingerprint density at radius 1 is 1.15 bits per heavy atom. The van der Waals surface area contributed by atoms with Gasteiger partial charge in [-0.1, -0.05) is 58.4 Å². The number of anilines is 1. The molecule has 1 aromatic heterocycles. The Kier molecular flexibility index (Phi) is 4.79. The Morgan fingerprint density at radius 3 is 2.56 bits per heavy atom. The van der Waals surface area contributed by atoms with Crippen LogP contribution in [-0.4, -0.2) is 5.91 Å². The lowest BCUT2D eigenvalue weighted by molar-refractivity contribution is 0.0934. The molecule has 0 radical (unpaired) electrons. The van der Waals surface area contributed by atoms with Crippen LogP contribution in [0.2, 0.25) is 0 Å². The second kappa shape index (κ2) is 6.97. The van der Waals surface area contributed by atoms with Crippen LogP contribution in [0.5, 0.6) is 0 Å². The highest BCUT2D eigenvalue weighted by atomic mass is 32.1. The molecule has 1 aliphatic carbocycles. The summed E-state index contributed by atoms with van der Waals surface area (Å²) in [5.74, 6) is 0.787. The summed E-state index contributed by atoms with van der Waals surface area (Å²) in [5.41, 5.74) is 4.99. The molecule has 2 atom stereocenters. The van der Waals surface area contributed by atoms with Gasteiger partial charge < -0.3 is 10.6 Å². The maximum Gasteiger partial charge on any atom is 0.256 e. The molecule has 1 amide bonds. The SMILES string of the molecule is CCc1ccc([C@H]2NC(=O)c3c(sc4c3CC[C@H](C(C)(C)CC)C4)N2)cc1. The molecule has 4 heteroatoms. The third kappa shape index (κ3) is 3.29. The Hall–Kier alpha value is -1.81. The summed E-state index contributed by atoms with van der Waals surface area (Å²) in [6.45, 7) is 9.22. The highest BCUT2D eigenvalue weighted by Gasteiger charge is 2.37. The van der Waals surface area contributed by atoms with Gasteiger partial charge in [-0.05, 0) is 53.7 Å². The summed E-state index contributed by atoms with van der Waals surface area (Å²) >= 11 is 1.81. The number of hydrogen-bond donors (Lipinski definition) is 2. The van der Waals surface area contributed by atoms with Crippen LogP contribution in [-0.2, 0) is 19.3 Å². The molecule has 1 aromatic carbocycles. The van der Waals surface area contributed by atoms with Crippen molar-refractivity contribution in [3.8, 4) is 0 Å². The first-order valence-corrected chi connectivity index (χ1v) is 11.0. The Labute approximate surface area is 166 Å². The van der Waals surface area contributed by atoms with E-state index < -0.39 is 0 Å². The number of benzene rings is 1. The Bertz CT molecular complexity index is 850. The van der Waals surface area contributed by atoms with Gasteiger partial charge in [0.15, 0.2) is 0 Å². The standard InChI is InChI=1S/C23H30N2OS/c1-5-14-7-9-15(10-8-14)20-24-21(26)19-17-12-11-16(23(3,4)6-2)13-18(17)27-22(19)25-20/h7-10,16,20,25H,5-6,11-13H2,1-4H3,(H,24,26)/t16-,20-/m0/s1. The number of carbonyl (C=O) groups excluding carboxylic acids is 1. The summed E-state index contributed by atoms with van der Waals surface area (Å²) in [5, 5.41) is 7.82. The highest BCUT2D eigenvalue weighted by molar-refractivity contribution is 7.16. The number of amides is 1. The van der Waals surface area contributed by atoms with Crippen molar-refractivity contribution in [1.82, 2.24) is 5.32 Å². The number of aryl methyl sites for hydroxylation is 1. The minimum absolute atomic E-state index is 0.0824. The number of fused-ring (bicyclic) bond motifs is 3. The van der Waals surface area contributed by atoms with Crippen molar-refractivity contribution < 1.29 is 4.79 Å². The molecule has 3 nitrogen and oxygen atoms in total. The van der Waals surface area contributed by atoms with Gasteiger partial charge >= 0.3 is 0 Å². The molecule has 2 aliphatic rings. The van der Waals surface area contributed by atoms with E-state index in [0.29, 0.717) is 11.3 Å². The highest BCUT2D eigenvalue weighted by Crippen LogP contribution is 2.46. The fraction of sp³-hybridized carbons (Fsp3) is 0.522. The van der Waals surface area contributed by atoms with E-state index in [0.717, 1.165) is 35.4 Å². The van der Waals surface area contributed by atoms with E-state index in [1.807, 2.05) is 0 Å². The first-order chi connectivity index (χ1) is 12.9. The minimum Gasteiger partial charge on any atom is -0.353 e.